The number of piperazine rings is 1. The summed E-state index contributed by atoms with van der Waals surface area (Å²) < 4.78 is 0. The molecule has 0 bridgehead atoms. The van der Waals surface area contributed by atoms with Crippen LogP contribution in [0.4, 0.5) is 0 Å². The van der Waals surface area contributed by atoms with Crippen molar-refractivity contribution in [3.8, 4) is 0 Å². The van der Waals surface area contributed by atoms with Crippen LogP contribution in [0.2, 0.25) is 0 Å². The minimum atomic E-state index is -0.598. The fourth-order valence-corrected chi connectivity index (χ4v) is 2.97. The molecule has 110 valence electrons. The summed E-state index contributed by atoms with van der Waals surface area (Å²) in [4.78, 5) is 27.8. The second kappa shape index (κ2) is 5.71. The highest BCUT2D eigenvalue weighted by Crippen LogP contribution is 2.34. The highest BCUT2D eigenvalue weighted by Gasteiger charge is 2.48. The quantitative estimate of drug-likeness (QED) is 0.883. The van der Waals surface area contributed by atoms with Crippen LogP contribution < -0.4 is 5.73 Å². The summed E-state index contributed by atoms with van der Waals surface area (Å²) in [5, 5.41) is 3.76. The lowest BCUT2D eigenvalue weighted by Gasteiger charge is -2.35. The third kappa shape index (κ3) is 2.82. The predicted octanol–water partition coefficient (Wildman–Crippen LogP) is 0.946. The van der Waals surface area contributed by atoms with Gasteiger partial charge in [0.25, 0.3) is 5.91 Å². The Morgan fingerprint density at radius 2 is 1.75 bits per heavy atom. The Labute approximate surface area is 128 Å². The molecule has 2 amide bonds. The van der Waals surface area contributed by atoms with Gasteiger partial charge in [-0.3, -0.25) is 9.59 Å². The predicted molar refractivity (Wildman–Crippen MR) is 80.2 cm³/mol. The Balaban J connectivity index is 0.00000147. The molecule has 20 heavy (non-hydrogen) atoms. The van der Waals surface area contributed by atoms with E-state index in [1.165, 1.54) is 11.3 Å². The summed E-state index contributed by atoms with van der Waals surface area (Å²) in [6.45, 7) is 2.37. The zero-order valence-electron chi connectivity index (χ0n) is 11.1. The van der Waals surface area contributed by atoms with Crippen LogP contribution in [-0.2, 0) is 4.79 Å². The van der Waals surface area contributed by atoms with Gasteiger partial charge in [0, 0.05) is 31.6 Å². The molecule has 0 spiro atoms. The maximum absolute atomic E-state index is 12.2. The van der Waals surface area contributed by atoms with E-state index in [0.29, 0.717) is 26.2 Å². The SMILES string of the molecule is Cl.NC1(C(=O)N2CCN(C(=O)c3ccsc3)CC2)CC1. The van der Waals surface area contributed by atoms with Crippen molar-refractivity contribution in [2.45, 2.75) is 18.4 Å². The number of halogens is 1. The second-order valence-corrected chi connectivity index (χ2v) is 6.03. The fraction of sp³-hybridized carbons (Fsp3) is 0.538. The van der Waals surface area contributed by atoms with Crippen molar-refractivity contribution in [1.29, 1.82) is 0 Å². The number of hydrogen-bond acceptors (Lipinski definition) is 4. The smallest absolute Gasteiger partial charge is 0.254 e. The largest absolute Gasteiger partial charge is 0.338 e. The second-order valence-electron chi connectivity index (χ2n) is 5.25. The first-order valence-corrected chi connectivity index (χ1v) is 7.44. The van der Waals surface area contributed by atoms with Gasteiger partial charge in [-0.25, -0.2) is 0 Å². The molecule has 0 unspecified atom stereocenters. The number of nitrogens with two attached hydrogens (primary N) is 1. The van der Waals surface area contributed by atoms with Gasteiger partial charge in [0.15, 0.2) is 0 Å². The van der Waals surface area contributed by atoms with E-state index in [4.69, 9.17) is 5.73 Å². The van der Waals surface area contributed by atoms with E-state index >= 15 is 0 Å². The van der Waals surface area contributed by atoms with Crippen molar-refractivity contribution in [3.05, 3.63) is 22.4 Å². The lowest BCUT2D eigenvalue weighted by molar-refractivity contribution is -0.135. The van der Waals surface area contributed by atoms with E-state index in [1.807, 2.05) is 21.7 Å². The zero-order chi connectivity index (χ0) is 13.5. The van der Waals surface area contributed by atoms with Crippen LogP contribution in [0.15, 0.2) is 16.8 Å². The van der Waals surface area contributed by atoms with Crippen molar-refractivity contribution >= 4 is 35.6 Å². The molecule has 0 aromatic carbocycles. The Morgan fingerprint density at radius 1 is 1.15 bits per heavy atom. The average Bonchev–Trinajstić information content (AvgIpc) is 2.97. The molecule has 3 rings (SSSR count). The standard InChI is InChI=1S/C13H17N3O2S.ClH/c14-13(2-3-13)12(18)16-6-4-15(5-7-16)11(17)10-1-8-19-9-10;/h1,8-9H,2-7,14H2;1H. The van der Waals surface area contributed by atoms with Crippen LogP contribution >= 0.6 is 23.7 Å². The highest BCUT2D eigenvalue weighted by molar-refractivity contribution is 7.08. The number of rotatable bonds is 2. The average molecular weight is 316 g/mol. The maximum Gasteiger partial charge on any atom is 0.254 e. The van der Waals surface area contributed by atoms with Crippen molar-refractivity contribution in [1.82, 2.24) is 9.80 Å². The summed E-state index contributed by atoms with van der Waals surface area (Å²) in [5.41, 5.74) is 6.06. The van der Waals surface area contributed by atoms with Gasteiger partial charge >= 0.3 is 0 Å². The van der Waals surface area contributed by atoms with Crippen LogP contribution in [-0.4, -0.2) is 53.3 Å². The Hall–Kier alpha value is -1.11. The number of hydrogen-bond donors (Lipinski definition) is 1. The van der Waals surface area contributed by atoms with Gasteiger partial charge in [0.1, 0.15) is 0 Å². The molecule has 1 saturated carbocycles. The van der Waals surface area contributed by atoms with Crippen LogP contribution in [0.5, 0.6) is 0 Å². The Bertz CT molecular complexity index is 494. The van der Waals surface area contributed by atoms with Crippen molar-refractivity contribution in [3.63, 3.8) is 0 Å². The molecule has 5 nitrogen and oxygen atoms in total. The van der Waals surface area contributed by atoms with Crippen LogP contribution in [0, 0.1) is 0 Å². The molecule has 0 radical (unpaired) electrons. The molecule has 1 aromatic heterocycles. The molecule has 2 fully saturated rings. The van der Waals surface area contributed by atoms with E-state index in [9.17, 15) is 9.59 Å². The van der Waals surface area contributed by atoms with Crippen molar-refractivity contribution in [2.24, 2.45) is 5.73 Å². The number of carbonyl (C=O) groups is 2. The van der Waals surface area contributed by atoms with Crippen LogP contribution in [0.25, 0.3) is 0 Å². The summed E-state index contributed by atoms with van der Waals surface area (Å²) in [6, 6.07) is 1.84. The molecule has 2 N–H and O–H groups in total. The minimum Gasteiger partial charge on any atom is -0.338 e. The summed E-state index contributed by atoms with van der Waals surface area (Å²) in [5.74, 6) is 0.109. The fourth-order valence-electron chi connectivity index (χ4n) is 2.34. The van der Waals surface area contributed by atoms with E-state index in [1.54, 1.807) is 4.90 Å². The van der Waals surface area contributed by atoms with Crippen LogP contribution in [0.3, 0.4) is 0 Å². The van der Waals surface area contributed by atoms with Gasteiger partial charge in [0.05, 0.1) is 11.1 Å². The van der Waals surface area contributed by atoms with E-state index < -0.39 is 5.54 Å². The minimum absolute atomic E-state index is 0. The zero-order valence-corrected chi connectivity index (χ0v) is 12.7. The first-order chi connectivity index (χ1) is 9.10. The molecule has 1 aliphatic heterocycles. The molecular formula is C13H18ClN3O2S. The number of carbonyl (C=O) groups excluding carboxylic acids is 2. The van der Waals surface area contributed by atoms with Gasteiger partial charge in [-0.1, -0.05) is 0 Å². The van der Waals surface area contributed by atoms with Gasteiger partial charge < -0.3 is 15.5 Å². The first-order valence-electron chi connectivity index (χ1n) is 6.50. The van der Waals surface area contributed by atoms with Gasteiger partial charge in [0.2, 0.25) is 5.91 Å². The molecule has 1 saturated heterocycles. The summed E-state index contributed by atoms with van der Waals surface area (Å²) in [7, 11) is 0. The van der Waals surface area contributed by atoms with Gasteiger partial charge in [-0.05, 0) is 24.3 Å². The normalized spacial score (nSPS) is 20.2. The third-order valence-electron chi connectivity index (χ3n) is 3.84. The van der Waals surface area contributed by atoms with Gasteiger partial charge in [-0.2, -0.15) is 11.3 Å². The molecule has 0 atom stereocenters. The van der Waals surface area contributed by atoms with E-state index in [2.05, 4.69) is 0 Å². The lowest BCUT2D eigenvalue weighted by Crippen LogP contribution is -2.55. The molecule has 1 aliphatic carbocycles. The summed E-state index contributed by atoms with van der Waals surface area (Å²) >= 11 is 1.52. The van der Waals surface area contributed by atoms with Crippen molar-refractivity contribution in [2.75, 3.05) is 26.2 Å². The lowest BCUT2D eigenvalue weighted by atomic mass is 10.2. The molecule has 7 heteroatoms. The summed E-state index contributed by atoms with van der Waals surface area (Å²) in [6.07, 6.45) is 1.58. The Kier molecular flexibility index (Phi) is 4.36. The number of nitrogens with zero attached hydrogens (tertiary/aromatic N) is 2. The molecule has 2 heterocycles. The van der Waals surface area contributed by atoms with Crippen molar-refractivity contribution < 1.29 is 9.59 Å². The third-order valence-corrected chi connectivity index (χ3v) is 4.52. The number of amides is 2. The maximum atomic E-state index is 12.2. The monoisotopic (exact) mass is 315 g/mol. The topological polar surface area (TPSA) is 66.6 Å². The highest BCUT2D eigenvalue weighted by atomic mass is 35.5. The molecule has 2 aliphatic rings. The van der Waals surface area contributed by atoms with E-state index in [0.717, 1.165) is 18.4 Å². The van der Waals surface area contributed by atoms with E-state index in [-0.39, 0.29) is 24.2 Å². The molecule has 1 aromatic rings. The first kappa shape index (κ1) is 15.3. The molecular weight excluding hydrogens is 298 g/mol. The van der Waals surface area contributed by atoms with Gasteiger partial charge in [-0.15, -0.1) is 12.4 Å². The Morgan fingerprint density at radius 3 is 2.25 bits per heavy atom. The number of thiophene rings is 1. The van der Waals surface area contributed by atoms with Crippen LogP contribution in [0.1, 0.15) is 23.2 Å².